The van der Waals surface area contributed by atoms with Crippen LogP contribution in [-0.4, -0.2) is 9.78 Å². The number of aromatic nitrogens is 2. The highest BCUT2D eigenvalue weighted by Gasteiger charge is 1.98. The van der Waals surface area contributed by atoms with Gasteiger partial charge in [0.15, 0.2) is 0 Å². The van der Waals surface area contributed by atoms with E-state index in [9.17, 15) is 4.91 Å². The van der Waals surface area contributed by atoms with Gasteiger partial charge in [-0.05, 0) is 17.3 Å². The Morgan fingerprint density at radius 1 is 1.23 bits per heavy atom. The molecule has 2 aromatic rings. The van der Waals surface area contributed by atoms with Gasteiger partial charge in [-0.2, -0.15) is 5.10 Å². The van der Waals surface area contributed by atoms with Gasteiger partial charge in [-0.3, -0.25) is 0 Å². The lowest BCUT2D eigenvalue weighted by molar-refractivity contribution is 0.880. The van der Waals surface area contributed by atoms with E-state index >= 15 is 0 Å². The van der Waals surface area contributed by atoms with Gasteiger partial charge in [-0.15, -0.1) is 4.91 Å². The third-order valence-electron chi connectivity index (χ3n) is 1.70. The van der Waals surface area contributed by atoms with Crippen molar-refractivity contribution in [3.05, 3.63) is 47.6 Å². The quantitative estimate of drug-likeness (QED) is 0.654. The second-order valence-corrected chi connectivity index (χ2v) is 2.57. The topological polar surface area (TPSA) is 47.2 Å². The number of nitrogens with zero attached hydrogens (tertiary/aromatic N) is 3. The minimum Gasteiger partial charge on any atom is -0.239 e. The van der Waals surface area contributed by atoms with E-state index in [1.165, 1.54) is 6.20 Å². The van der Waals surface area contributed by atoms with E-state index in [-0.39, 0.29) is 0 Å². The molecule has 0 aliphatic carbocycles. The summed E-state index contributed by atoms with van der Waals surface area (Å²) >= 11 is 0. The molecule has 0 aliphatic rings. The van der Waals surface area contributed by atoms with Crippen molar-refractivity contribution >= 4 is 5.69 Å². The monoisotopic (exact) mass is 173 g/mol. The first-order chi connectivity index (χ1) is 6.40. The van der Waals surface area contributed by atoms with E-state index in [4.69, 9.17) is 0 Å². The molecule has 0 fully saturated rings. The van der Waals surface area contributed by atoms with E-state index < -0.39 is 0 Å². The number of benzene rings is 1. The second-order valence-electron chi connectivity index (χ2n) is 2.57. The van der Waals surface area contributed by atoms with Crippen LogP contribution in [0.15, 0.2) is 47.9 Å². The van der Waals surface area contributed by atoms with Crippen LogP contribution in [0.5, 0.6) is 0 Å². The number of para-hydroxylation sites is 1. The van der Waals surface area contributed by atoms with Crippen molar-refractivity contribution in [2.24, 2.45) is 5.18 Å². The smallest absolute Gasteiger partial charge is 0.146 e. The summed E-state index contributed by atoms with van der Waals surface area (Å²) in [5.41, 5.74) is 1.25. The van der Waals surface area contributed by atoms with Gasteiger partial charge < -0.3 is 0 Å². The molecule has 2 rings (SSSR count). The van der Waals surface area contributed by atoms with Crippen LogP contribution in [0.4, 0.5) is 5.69 Å². The molecule has 4 nitrogen and oxygen atoms in total. The summed E-state index contributed by atoms with van der Waals surface area (Å²) < 4.78 is 1.61. The highest BCUT2D eigenvalue weighted by Crippen LogP contribution is 2.12. The van der Waals surface area contributed by atoms with Crippen LogP contribution in [0.1, 0.15) is 0 Å². The molecule has 64 valence electrons. The largest absolute Gasteiger partial charge is 0.239 e. The summed E-state index contributed by atoms with van der Waals surface area (Å²) in [6, 6.07) is 9.55. The molecule has 1 aromatic heterocycles. The summed E-state index contributed by atoms with van der Waals surface area (Å²) in [7, 11) is 0. The second kappa shape index (κ2) is 3.18. The summed E-state index contributed by atoms with van der Waals surface area (Å²) in [6.07, 6.45) is 3.02. The lowest BCUT2D eigenvalue weighted by Crippen LogP contribution is -1.92. The molecular weight excluding hydrogens is 166 g/mol. The zero-order valence-corrected chi connectivity index (χ0v) is 6.79. The normalized spacial score (nSPS) is 9.85. The van der Waals surface area contributed by atoms with Gasteiger partial charge in [0.2, 0.25) is 0 Å². The molecule has 0 aliphatic heterocycles. The van der Waals surface area contributed by atoms with Gasteiger partial charge in [0.05, 0.1) is 18.1 Å². The lowest BCUT2D eigenvalue weighted by Gasteiger charge is -1.97. The van der Waals surface area contributed by atoms with Gasteiger partial charge in [0.1, 0.15) is 5.69 Å². The molecule has 0 atom stereocenters. The highest BCUT2D eigenvalue weighted by atomic mass is 16.3. The van der Waals surface area contributed by atoms with Crippen LogP contribution < -0.4 is 0 Å². The Hall–Kier alpha value is -1.97. The van der Waals surface area contributed by atoms with Crippen LogP contribution in [0, 0.1) is 4.91 Å². The van der Waals surface area contributed by atoms with E-state index in [1.807, 2.05) is 30.3 Å². The Bertz CT molecular complexity index is 408. The molecule has 0 spiro atoms. The van der Waals surface area contributed by atoms with Crippen LogP contribution in [0.2, 0.25) is 0 Å². The average Bonchev–Trinajstić information content (AvgIpc) is 2.67. The summed E-state index contributed by atoms with van der Waals surface area (Å²) in [5, 5.41) is 6.76. The van der Waals surface area contributed by atoms with Gasteiger partial charge in [-0.25, -0.2) is 4.68 Å². The van der Waals surface area contributed by atoms with Gasteiger partial charge in [0.25, 0.3) is 0 Å². The van der Waals surface area contributed by atoms with E-state index in [2.05, 4.69) is 10.3 Å². The third-order valence-corrected chi connectivity index (χ3v) is 1.70. The third kappa shape index (κ3) is 1.46. The van der Waals surface area contributed by atoms with E-state index in [0.29, 0.717) is 5.69 Å². The first-order valence-corrected chi connectivity index (χ1v) is 3.83. The molecule has 0 radical (unpaired) electrons. The van der Waals surface area contributed by atoms with Crippen LogP contribution in [0.25, 0.3) is 5.69 Å². The Kier molecular flexibility index (Phi) is 1.88. The summed E-state index contributed by atoms with van der Waals surface area (Å²) in [6.45, 7) is 0. The zero-order chi connectivity index (χ0) is 9.10. The molecule has 0 N–H and O–H groups in total. The predicted octanol–water partition coefficient (Wildman–Crippen LogP) is 2.27. The van der Waals surface area contributed by atoms with Crippen molar-refractivity contribution in [3.63, 3.8) is 0 Å². The molecule has 0 saturated heterocycles. The van der Waals surface area contributed by atoms with Crippen molar-refractivity contribution in [1.29, 1.82) is 0 Å². The fourth-order valence-electron chi connectivity index (χ4n) is 1.08. The molecular formula is C9H7N3O. The number of rotatable bonds is 2. The molecule has 0 amide bonds. The average molecular weight is 173 g/mol. The minimum absolute atomic E-state index is 0.337. The Labute approximate surface area is 74.8 Å². The predicted molar refractivity (Wildman–Crippen MR) is 49.0 cm³/mol. The Morgan fingerprint density at radius 3 is 2.62 bits per heavy atom. The molecule has 1 aromatic carbocycles. The van der Waals surface area contributed by atoms with Crippen molar-refractivity contribution in [1.82, 2.24) is 9.78 Å². The lowest BCUT2D eigenvalue weighted by atomic mass is 10.3. The van der Waals surface area contributed by atoms with Crippen LogP contribution in [-0.2, 0) is 0 Å². The van der Waals surface area contributed by atoms with Crippen molar-refractivity contribution in [2.45, 2.75) is 0 Å². The van der Waals surface area contributed by atoms with E-state index in [1.54, 1.807) is 10.9 Å². The zero-order valence-electron chi connectivity index (χ0n) is 6.79. The Balaban J connectivity index is 2.41. The van der Waals surface area contributed by atoms with Crippen LogP contribution in [0.3, 0.4) is 0 Å². The first-order valence-electron chi connectivity index (χ1n) is 3.83. The summed E-state index contributed by atoms with van der Waals surface area (Å²) in [5.74, 6) is 0. The van der Waals surface area contributed by atoms with Crippen LogP contribution >= 0.6 is 0 Å². The van der Waals surface area contributed by atoms with Crippen molar-refractivity contribution < 1.29 is 0 Å². The molecule has 4 heteroatoms. The number of nitroso groups, excluding NO2 is 1. The molecule has 13 heavy (non-hydrogen) atoms. The number of hydrogen-bond donors (Lipinski definition) is 0. The maximum atomic E-state index is 10.1. The summed E-state index contributed by atoms with van der Waals surface area (Å²) in [4.78, 5) is 10.1. The van der Waals surface area contributed by atoms with Gasteiger partial charge in [0, 0.05) is 0 Å². The van der Waals surface area contributed by atoms with Gasteiger partial charge in [-0.1, -0.05) is 18.2 Å². The maximum absolute atomic E-state index is 10.1. The highest BCUT2D eigenvalue weighted by molar-refractivity contribution is 5.37. The van der Waals surface area contributed by atoms with Crippen molar-refractivity contribution in [2.75, 3.05) is 0 Å². The number of hydrogen-bond acceptors (Lipinski definition) is 3. The van der Waals surface area contributed by atoms with Crippen molar-refractivity contribution in [3.8, 4) is 5.69 Å². The maximum Gasteiger partial charge on any atom is 0.146 e. The SMILES string of the molecule is O=Nc1cnn(-c2ccccc2)c1. The standard InChI is InChI=1S/C9H7N3O/c13-11-8-6-10-12(7-8)9-4-2-1-3-5-9/h1-7H. The molecule has 0 unspecified atom stereocenters. The first kappa shape index (κ1) is 7.67. The fraction of sp³-hybridized carbons (Fsp3) is 0. The fourth-order valence-corrected chi connectivity index (χ4v) is 1.08. The minimum atomic E-state index is 0.337. The Morgan fingerprint density at radius 2 is 2.00 bits per heavy atom. The van der Waals surface area contributed by atoms with Gasteiger partial charge >= 0.3 is 0 Å². The van der Waals surface area contributed by atoms with E-state index in [0.717, 1.165) is 5.69 Å². The molecule has 1 heterocycles. The molecule has 0 saturated carbocycles. The molecule has 0 bridgehead atoms.